The highest BCUT2D eigenvalue weighted by Gasteiger charge is 2.26. The van der Waals surface area contributed by atoms with Gasteiger partial charge in [-0.15, -0.1) is 0 Å². The van der Waals surface area contributed by atoms with Gasteiger partial charge in [-0.3, -0.25) is 0 Å². The normalized spacial score (nSPS) is 26.3. The van der Waals surface area contributed by atoms with Crippen LogP contribution >= 0.6 is 0 Å². The molecule has 0 amide bonds. The summed E-state index contributed by atoms with van der Waals surface area (Å²) < 4.78 is 19.1. The molecule has 0 aromatic heterocycles. The Hall–Kier alpha value is -1.84. The van der Waals surface area contributed by atoms with Crippen LogP contribution in [0.3, 0.4) is 0 Å². The van der Waals surface area contributed by atoms with Crippen molar-refractivity contribution in [3.05, 3.63) is 47.3 Å². The summed E-state index contributed by atoms with van der Waals surface area (Å²) in [6.45, 7) is 2.06. The first-order chi connectivity index (χ1) is 9.08. The lowest BCUT2D eigenvalue weighted by molar-refractivity contribution is -0.133. The Kier molecular flexibility index (Phi) is 4.20. The number of rotatable bonds is 4. The van der Waals surface area contributed by atoms with Crippen LogP contribution in [0.15, 0.2) is 47.3 Å². The Morgan fingerprint density at radius 1 is 1.53 bits per heavy atom. The molecule has 0 spiro atoms. The molecule has 0 fully saturated rings. The topological polar surface area (TPSA) is 46.5 Å². The number of alkyl halides is 1. The van der Waals surface area contributed by atoms with Crippen LogP contribution in [0.25, 0.3) is 0 Å². The van der Waals surface area contributed by atoms with E-state index in [0.29, 0.717) is 17.9 Å². The fourth-order valence-corrected chi connectivity index (χ4v) is 2.10. The molecule has 102 valence electrons. The molecule has 2 atom stereocenters. The van der Waals surface area contributed by atoms with Crippen molar-refractivity contribution in [2.75, 3.05) is 6.61 Å². The van der Waals surface area contributed by atoms with Crippen molar-refractivity contribution >= 4 is 5.97 Å². The number of ether oxygens (including phenoxy) is 1. The monoisotopic (exact) mass is 264 g/mol. The van der Waals surface area contributed by atoms with Crippen molar-refractivity contribution in [1.82, 2.24) is 0 Å². The van der Waals surface area contributed by atoms with E-state index >= 15 is 0 Å². The average molecular weight is 264 g/mol. The number of hydrogen-bond acceptors (Lipinski definition) is 2. The smallest absolute Gasteiger partial charge is 0.335 e. The number of carboxylic acid groups (broad SMARTS) is 1. The molecular formula is C15H17FO3. The second-order valence-corrected chi connectivity index (χ2v) is 4.83. The van der Waals surface area contributed by atoms with E-state index in [9.17, 15) is 9.18 Å². The van der Waals surface area contributed by atoms with Crippen molar-refractivity contribution in [3.63, 3.8) is 0 Å². The molecule has 0 aromatic carbocycles. The minimum Gasteiger partial charge on any atom is -0.492 e. The van der Waals surface area contributed by atoms with Gasteiger partial charge in [-0.1, -0.05) is 24.3 Å². The molecule has 0 heterocycles. The zero-order valence-corrected chi connectivity index (χ0v) is 10.8. The maximum Gasteiger partial charge on any atom is 0.335 e. The number of aliphatic carboxylic acids is 1. The zero-order valence-electron chi connectivity index (χ0n) is 10.8. The summed E-state index contributed by atoms with van der Waals surface area (Å²) >= 11 is 0. The largest absolute Gasteiger partial charge is 0.492 e. The van der Waals surface area contributed by atoms with Crippen LogP contribution in [0.2, 0.25) is 0 Å². The molecule has 0 radical (unpaired) electrons. The number of carboxylic acids is 1. The average Bonchev–Trinajstić information content (AvgIpc) is 2.40. The Bertz CT molecular complexity index is 486. The molecule has 0 aliphatic heterocycles. The van der Waals surface area contributed by atoms with Crippen LogP contribution in [0.5, 0.6) is 0 Å². The third kappa shape index (κ3) is 3.34. The van der Waals surface area contributed by atoms with E-state index in [4.69, 9.17) is 9.84 Å². The summed E-state index contributed by atoms with van der Waals surface area (Å²) in [5, 5.41) is 9.09. The second-order valence-electron chi connectivity index (χ2n) is 4.83. The SMILES string of the molecule is CC1=CC(OCC2C=CC=CC2)=C(C(=O)O)CC1F. The first-order valence-corrected chi connectivity index (χ1v) is 6.32. The fraction of sp³-hybridized carbons (Fsp3) is 0.400. The van der Waals surface area contributed by atoms with Crippen molar-refractivity contribution in [2.45, 2.75) is 25.9 Å². The fourth-order valence-electron chi connectivity index (χ4n) is 2.10. The van der Waals surface area contributed by atoms with Crippen molar-refractivity contribution < 1.29 is 19.0 Å². The molecule has 3 nitrogen and oxygen atoms in total. The summed E-state index contributed by atoms with van der Waals surface area (Å²) in [6, 6.07) is 0. The minimum atomic E-state index is -1.23. The van der Waals surface area contributed by atoms with Crippen LogP contribution < -0.4 is 0 Å². The van der Waals surface area contributed by atoms with Gasteiger partial charge in [-0.25, -0.2) is 9.18 Å². The summed E-state index contributed by atoms with van der Waals surface area (Å²) in [6.07, 6.45) is 9.02. The summed E-state index contributed by atoms with van der Waals surface area (Å²) in [5.74, 6) is -0.577. The van der Waals surface area contributed by atoms with Gasteiger partial charge < -0.3 is 9.84 Å². The quantitative estimate of drug-likeness (QED) is 0.848. The molecule has 19 heavy (non-hydrogen) atoms. The van der Waals surface area contributed by atoms with E-state index in [0.717, 1.165) is 6.42 Å². The number of halogens is 1. The standard InChI is InChI=1S/C15H17FO3/c1-10-7-14(12(15(17)18)8-13(10)16)19-9-11-5-3-2-4-6-11/h2-5,7,11,13H,6,8-9H2,1H3,(H,17,18). The predicted molar refractivity (Wildman–Crippen MR) is 70.3 cm³/mol. The molecule has 2 aliphatic carbocycles. The van der Waals surface area contributed by atoms with Gasteiger partial charge in [0.2, 0.25) is 0 Å². The van der Waals surface area contributed by atoms with E-state index in [1.807, 2.05) is 24.3 Å². The lowest BCUT2D eigenvalue weighted by Gasteiger charge is -2.21. The van der Waals surface area contributed by atoms with Crippen LogP contribution in [0.1, 0.15) is 19.8 Å². The van der Waals surface area contributed by atoms with Gasteiger partial charge in [0.15, 0.2) is 0 Å². The zero-order chi connectivity index (χ0) is 13.8. The van der Waals surface area contributed by atoms with Crippen molar-refractivity contribution in [1.29, 1.82) is 0 Å². The van der Waals surface area contributed by atoms with Crippen LogP contribution in [-0.2, 0) is 9.53 Å². The molecule has 0 saturated carbocycles. The highest BCUT2D eigenvalue weighted by Crippen LogP contribution is 2.28. The third-order valence-corrected chi connectivity index (χ3v) is 3.31. The highest BCUT2D eigenvalue weighted by atomic mass is 19.1. The summed E-state index contributed by atoms with van der Waals surface area (Å²) in [4.78, 5) is 11.1. The Balaban J connectivity index is 2.07. The van der Waals surface area contributed by atoms with Gasteiger partial charge in [0, 0.05) is 12.3 Å². The number of carbonyl (C=O) groups is 1. The van der Waals surface area contributed by atoms with Crippen LogP contribution in [-0.4, -0.2) is 23.9 Å². The molecule has 2 unspecified atom stereocenters. The Morgan fingerprint density at radius 2 is 2.32 bits per heavy atom. The maximum absolute atomic E-state index is 13.5. The van der Waals surface area contributed by atoms with E-state index in [-0.39, 0.29) is 17.9 Å². The summed E-state index contributed by atoms with van der Waals surface area (Å²) in [7, 11) is 0. The van der Waals surface area contributed by atoms with Gasteiger partial charge in [0.05, 0.1) is 12.2 Å². The van der Waals surface area contributed by atoms with E-state index in [1.165, 1.54) is 6.08 Å². The molecule has 2 aliphatic rings. The van der Waals surface area contributed by atoms with Gasteiger partial charge >= 0.3 is 5.97 Å². The Labute approximate surface area is 111 Å². The van der Waals surface area contributed by atoms with Crippen molar-refractivity contribution in [3.8, 4) is 0 Å². The molecule has 4 heteroatoms. The lowest BCUT2D eigenvalue weighted by Crippen LogP contribution is -2.19. The molecule has 0 aromatic rings. The third-order valence-electron chi connectivity index (χ3n) is 3.31. The number of hydrogen-bond donors (Lipinski definition) is 1. The van der Waals surface area contributed by atoms with Gasteiger partial charge in [-0.2, -0.15) is 0 Å². The highest BCUT2D eigenvalue weighted by molar-refractivity contribution is 5.88. The molecule has 1 N–H and O–H groups in total. The van der Waals surface area contributed by atoms with Gasteiger partial charge in [0.1, 0.15) is 11.9 Å². The molecule has 0 saturated heterocycles. The summed E-state index contributed by atoms with van der Waals surface area (Å²) in [5.41, 5.74) is 0.535. The van der Waals surface area contributed by atoms with Crippen LogP contribution in [0.4, 0.5) is 4.39 Å². The maximum atomic E-state index is 13.5. The minimum absolute atomic E-state index is 0.0217. The van der Waals surface area contributed by atoms with E-state index in [1.54, 1.807) is 6.92 Å². The Morgan fingerprint density at radius 3 is 2.95 bits per heavy atom. The molecule has 0 bridgehead atoms. The predicted octanol–water partition coefficient (Wildman–Crippen LogP) is 3.16. The second kappa shape index (κ2) is 5.87. The van der Waals surface area contributed by atoms with Gasteiger partial charge in [0.25, 0.3) is 0 Å². The number of allylic oxidation sites excluding steroid dienone is 5. The van der Waals surface area contributed by atoms with Gasteiger partial charge in [-0.05, 0) is 25.0 Å². The first-order valence-electron chi connectivity index (χ1n) is 6.32. The molecular weight excluding hydrogens is 247 g/mol. The van der Waals surface area contributed by atoms with Crippen molar-refractivity contribution in [2.24, 2.45) is 5.92 Å². The van der Waals surface area contributed by atoms with Crippen LogP contribution in [0, 0.1) is 5.92 Å². The molecule has 2 rings (SSSR count). The lowest BCUT2D eigenvalue weighted by atomic mass is 9.96. The van der Waals surface area contributed by atoms with E-state index < -0.39 is 12.1 Å². The first kappa shape index (κ1) is 13.6. The van der Waals surface area contributed by atoms with E-state index in [2.05, 4.69) is 0 Å².